The maximum atomic E-state index is 10.6. The Morgan fingerprint density at radius 2 is 1.52 bits per heavy atom. The van der Waals surface area contributed by atoms with Crippen molar-refractivity contribution >= 4 is 27.6 Å². The minimum Gasteiger partial charge on any atom is -0.507 e. The van der Waals surface area contributed by atoms with Gasteiger partial charge in [-0.3, -0.25) is 0 Å². The maximum absolute atomic E-state index is 10.6. The average Bonchev–Trinajstić information content (AvgIpc) is 2.56. The van der Waals surface area contributed by atoms with Crippen molar-refractivity contribution in [2.75, 3.05) is 0 Å². The van der Waals surface area contributed by atoms with Gasteiger partial charge in [0.2, 0.25) is 0 Å². The van der Waals surface area contributed by atoms with E-state index in [1.54, 1.807) is 6.33 Å². The van der Waals surface area contributed by atoms with Gasteiger partial charge in [0.05, 0.1) is 11.0 Å². The highest BCUT2D eigenvalue weighted by atomic mass is 16.3. The molecule has 100 valence electrons. The number of rotatable bonds is 1. The van der Waals surface area contributed by atoms with E-state index in [-0.39, 0.29) is 5.76 Å². The smallest absolute Gasteiger partial charge is 0.130 e. The van der Waals surface area contributed by atoms with Crippen molar-refractivity contribution in [2.24, 2.45) is 0 Å². The van der Waals surface area contributed by atoms with E-state index in [2.05, 4.69) is 9.97 Å². The van der Waals surface area contributed by atoms with E-state index in [4.69, 9.17) is 0 Å². The number of benzene rings is 3. The standard InChI is InChI=1S/C18H12N2O/c21-18(12-5-2-1-3-6-12)14-9-10-16-17-13(14)7-4-8-15(17)19-11-20-16/h1-11,21H. The Bertz CT molecular complexity index is 971. The molecule has 1 aromatic heterocycles. The lowest BCUT2D eigenvalue weighted by molar-refractivity contribution is 0.508. The van der Waals surface area contributed by atoms with Crippen molar-refractivity contribution in [1.29, 1.82) is 0 Å². The quantitative estimate of drug-likeness (QED) is 0.578. The van der Waals surface area contributed by atoms with Crippen LogP contribution in [-0.4, -0.2) is 15.1 Å². The Hall–Kier alpha value is -2.94. The normalized spacial score (nSPS) is 12.8. The molecule has 3 heteroatoms. The molecule has 0 atom stereocenters. The highest BCUT2D eigenvalue weighted by Gasteiger charge is 2.08. The fourth-order valence-corrected chi connectivity index (χ4v) is 2.70. The Balaban J connectivity index is 2.18. The van der Waals surface area contributed by atoms with Gasteiger partial charge < -0.3 is 5.11 Å². The van der Waals surface area contributed by atoms with Gasteiger partial charge in [0.1, 0.15) is 12.1 Å². The molecule has 4 aromatic rings. The van der Waals surface area contributed by atoms with Gasteiger partial charge in [0.15, 0.2) is 0 Å². The molecule has 0 saturated carbocycles. The molecule has 0 spiro atoms. The molecule has 0 aliphatic carbocycles. The van der Waals surface area contributed by atoms with Crippen LogP contribution in [0, 0.1) is 0 Å². The molecule has 0 aliphatic rings. The first-order valence-corrected chi connectivity index (χ1v) is 6.75. The highest BCUT2D eigenvalue weighted by Crippen LogP contribution is 2.21. The molecule has 3 aromatic carbocycles. The molecule has 0 amide bonds. The van der Waals surface area contributed by atoms with Crippen LogP contribution in [0.4, 0.5) is 0 Å². The monoisotopic (exact) mass is 272 g/mol. The molecule has 0 aliphatic heterocycles. The van der Waals surface area contributed by atoms with Crippen LogP contribution in [0.15, 0.2) is 67.0 Å². The first-order chi connectivity index (χ1) is 10.3. The van der Waals surface area contributed by atoms with Crippen molar-refractivity contribution < 1.29 is 5.11 Å². The lowest BCUT2D eigenvalue weighted by atomic mass is 10.0. The van der Waals surface area contributed by atoms with Crippen LogP contribution in [-0.2, 0) is 0 Å². The van der Waals surface area contributed by atoms with Crippen LogP contribution >= 0.6 is 0 Å². The van der Waals surface area contributed by atoms with Crippen molar-refractivity contribution in [2.45, 2.75) is 0 Å². The van der Waals surface area contributed by atoms with Crippen LogP contribution in [0.3, 0.4) is 0 Å². The second kappa shape index (κ2) is 4.56. The third-order valence-corrected chi connectivity index (χ3v) is 3.69. The molecule has 0 saturated heterocycles. The predicted octanol–water partition coefficient (Wildman–Crippen LogP) is 3.22. The summed E-state index contributed by atoms with van der Waals surface area (Å²) in [6, 6.07) is 19.3. The lowest BCUT2D eigenvalue weighted by Gasteiger charge is -2.06. The molecule has 0 radical (unpaired) electrons. The molecule has 4 rings (SSSR count). The topological polar surface area (TPSA) is 46.0 Å². The molecular formula is C18H12N2O. The zero-order valence-corrected chi connectivity index (χ0v) is 11.2. The zero-order chi connectivity index (χ0) is 14.2. The first kappa shape index (κ1) is 11.9. The lowest BCUT2D eigenvalue weighted by Crippen LogP contribution is -2.09. The fourth-order valence-electron chi connectivity index (χ4n) is 2.70. The number of hydrogen-bond donors (Lipinski definition) is 1. The summed E-state index contributed by atoms with van der Waals surface area (Å²) in [5.41, 5.74) is 2.58. The Morgan fingerprint density at radius 3 is 2.33 bits per heavy atom. The summed E-state index contributed by atoms with van der Waals surface area (Å²) in [6.07, 6.45) is 1.57. The third kappa shape index (κ3) is 1.82. The van der Waals surface area contributed by atoms with Gasteiger partial charge in [-0.15, -0.1) is 0 Å². The molecule has 0 unspecified atom stereocenters. The van der Waals surface area contributed by atoms with Crippen molar-refractivity contribution in [1.82, 2.24) is 9.97 Å². The SMILES string of the molecule is OC(c1ccccc1)=c1ccc2ncnc3cccc1c32. The summed E-state index contributed by atoms with van der Waals surface area (Å²) >= 11 is 0. The average molecular weight is 272 g/mol. The van der Waals surface area contributed by atoms with Gasteiger partial charge in [-0.1, -0.05) is 42.5 Å². The highest BCUT2D eigenvalue weighted by molar-refractivity contribution is 6.07. The largest absolute Gasteiger partial charge is 0.507 e. The summed E-state index contributed by atoms with van der Waals surface area (Å²) in [4.78, 5) is 8.60. The molecule has 21 heavy (non-hydrogen) atoms. The van der Waals surface area contributed by atoms with Crippen LogP contribution in [0.2, 0.25) is 0 Å². The van der Waals surface area contributed by atoms with Gasteiger partial charge in [-0.05, 0) is 23.6 Å². The molecular weight excluding hydrogens is 260 g/mol. The summed E-state index contributed by atoms with van der Waals surface area (Å²) in [5, 5.41) is 13.4. The van der Waals surface area contributed by atoms with Crippen molar-refractivity contribution in [3.8, 4) is 0 Å². The molecule has 0 fully saturated rings. The second-order valence-corrected chi connectivity index (χ2v) is 4.92. The zero-order valence-electron chi connectivity index (χ0n) is 11.2. The minimum absolute atomic E-state index is 0.272. The second-order valence-electron chi connectivity index (χ2n) is 4.92. The van der Waals surface area contributed by atoms with Crippen LogP contribution < -0.4 is 5.22 Å². The van der Waals surface area contributed by atoms with Gasteiger partial charge in [-0.25, -0.2) is 9.97 Å². The summed E-state index contributed by atoms with van der Waals surface area (Å²) < 4.78 is 0. The summed E-state index contributed by atoms with van der Waals surface area (Å²) in [5.74, 6) is 0.272. The Labute approximate surface area is 121 Å². The molecule has 0 bridgehead atoms. The number of aliphatic hydroxyl groups excluding tert-OH is 1. The number of aromatic nitrogens is 2. The predicted molar refractivity (Wildman–Crippen MR) is 83.8 cm³/mol. The van der Waals surface area contributed by atoms with E-state index in [0.717, 1.165) is 32.6 Å². The minimum atomic E-state index is 0.272. The van der Waals surface area contributed by atoms with Crippen LogP contribution in [0.25, 0.3) is 27.6 Å². The van der Waals surface area contributed by atoms with Gasteiger partial charge in [0, 0.05) is 16.2 Å². The van der Waals surface area contributed by atoms with E-state index in [0.29, 0.717) is 0 Å². The van der Waals surface area contributed by atoms with E-state index < -0.39 is 0 Å². The molecule has 3 nitrogen and oxygen atoms in total. The van der Waals surface area contributed by atoms with Gasteiger partial charge in [-0.2, -0.15) is 0 Å². The van der Waals surface area contributed by atoms with E-state index in [9.17, 15) is 5.11 Å². The number of nitrogens with zero attached hydrogens (tertiary/aromatic N) is 2. The Morgan fingerprint density at radius 1 is 0.762 bits per heavy atom. The maximum Gasteiger partial charge on any atom is 0.130 e. The third-order valence-electron chi connectivity index (χ3n) is 3.69. The van der Waals surface area contributed by atoms with Crippen LogP contribution in [0.1, 0.15) is 5.56 Å². The van der Waals surface area contributed by atoms with Gasteiger partial charge >= 0.3 is 0 Å². The molecule has 1 heterocycles. The fraction of sp³-hybridized carbons (Fsp3) is 0. The van der Waals surface area contributed by atoms with Crippen molar-refractivity contribution in [3.05, 3.63) is 77.8 Å². The first-order valence-electron chi connectivity index (χ1n) is 6.75. The number of hydrogen-bond acceptors (Lipinski definition) is 3. The Kier molecular flexibility index (Phi) is 2.57. The number of aliphatic hydroxyl groups is 1. The molecule has 1 N–H and O–H groups in total. The van der Waals surface area contributed by atoms with E-state index >= 15 is 0 Å². The van der Waals surface area contributed by atoms with Crippen LogP contribution in [0.5, 0.6) is 0 Å². The van der Waals surface area contributed by atoms with E-state index in [1.807, 2.05) is 60.7 Å². The van der Waals surface area contributed by atoms with E-state index in [1.165, 1.54) is 0 Å². The van der Waals surface area contributed by atoms with Crippen molar-refractivity contribution in [3.63, 3.8) is 0 Å². The summed E-state index contributed by atoms with van der Waals surface area (Å²) in [7, 11) is 0. The van der Waals surface area contributed by atoms with Gasteiger partial charge in [0.25, 0.3) is 0 Å². The summed E-state index contributed by atoms with van der Waals surface area (Å²) in [6.45, 7) is 0.